The van der Waals surface area contributed by atoms with Crippen LogP contribution in [0.15, 0.2) is 24.3 Å². The standard InChI is InChI=1S/C17H26N2OS/c1-2-20-16-12-8-11-15(13-16)19-17(21)18-14-9-6-4-3-5-7-10-14/h8,11-14H,2-7,9-10H2,1H3,(H2,18,19,21). The van der Waals surface area contributed by atoms with Crippen molar-refractivity contribution >= 4 is 23.0 Å². The molecule has 0 bridgehead atoms. The van der Waals surface area contributed by atoms with Crippen LogP contribution in [0.2, 0.25) is 0 Å². The van der Waals surface area contributed by atoms with Crippen LogP contribution in [-0.2, 0) is 0 Å². The lowest BCUT2D eigenvalue weighted by molar-refractivity contribution is 0.340. The van der Waals surface area contributed by atoms with Crippen molar-refractivity contribution in [2.24, 2.45) is 0 Å². The van der Waals surface area contributed by atoms with Crippen LogP contribution in [0.3, 0.4) is 0 Å². The fourth-order valence-electron chi connectivity index (χ4n) is 2.78. The Morgan fingerprint density at radius 2 is 1.90 bits per heavy atom. The highest BCUT2D eigenvalue weighted by atomic mass is 32.1. The fraction of sp³-hybridized carbons (Fsp3) is 0.588. The van der Waals surface area contributed by atoms with Crippen molar-refractivity contribution in [3.8, 4) is 5.75 Å². The van der Waals surface area contributed by atoms with Crippen molar-refractivity contribution in [1.29, 1.82) is 0 Å². The first kappa shape index (κ1) is 16.1. The number of hydrogen-bond acceptors (Lipinski definition) is 2. The van der Waals surface area contributed by atoms with Crippen molar-refractivity contribution in [3.63, 3.8) is 0 Å². The van der Waals surface area contributed by atoms with Crippen LogP contribution in [0.5, 0.6) is 5.75 Å². The van der Waals surface area contributed by atoms with E-state index in [9.17, 15) is 0 Å². The van der Waals surface area contributed by atoms with E-state index >= 15 is 0 Å². The lowest BCUT2D eigenvalue weighted by atomic mass is 9.97. The Labute approximate surface area is 133 Å². The molecule has 21 heavy (non-hydrogen) atoms. The molecule has 0 saturated heterocycles. The molecule has 0 unspecified atom stereocenters. The molecule has 1 aromatic rings. The molecule has 0 heterocycles. The van der Waals surface area contributed by atoms with Crippen LogP contribution in [0.4, 0.5) is 5.69 Å². The van der Waals surface area contributed by atoms with E-state index in [0.29, 0.717) is 17.8 Å². The first-order valence-electron chi connectivity index (χ1n) is 8.08. The van der Waals surface area contributed by atoms with Gasteiger partial charge in [0, 0.05) is 17.8 Å². The molecule has 0 radical (unpaired) electrons. The number of thiocarbonyl (C=S) groups is 1. The van der Waals surface area contributed by atoms with Gasteiger partial charge in [0.2, 0.25) is 0 Å². The maximum atomic E-state index is 5.50. The zero-order valence-corrected chi connectivity index (χ0v) is 13.7. The highest BCUT2D eigenvalue weighted by Gasteiger charge is 2.12. The maximum absolute atomic E-state index is 5.50. The van der Waals surface area contributed by atoms with Crippen molar-refractivity contribution in [2.75, 3.05) is 11.9 Å². The predicted molar refractivity (Wildman–Crippen MR) is 93.1 cm³/mol. The van der Waals surface area contributed by atoms with Crippen LogP contribution in [0.25, 0.3) is 0 Å². The van der Waals surface area contributed by atoms with E-state index < -0.39 is 0 Å². The molecular formula is C17H26N2OS. The summed E-state index contributed by atoms with van der Waals surface area (Å²) in [5, 5.41) is 7.45. The van der Waals surface area contributed by atoms with Crippen LogP contribution >= 0.6 is 12.2 Å². The van der Waals surface area contributed by atoms with Crippen LogP contribution in [0.1, 0.15) is 51.9 Å². The van der Waals surface area contributed by atoms with Gasteiger partial charge in [0.1, 0.15) is 5.75 Å². The molecule has 2 N–H and O–H groups in total. The van der Waals surface area contributed by atoms with Gasteiger partial charge in [-0.3, -0.25) is 0 Å². The van der Waals surface area contributed by atoms with Gasteiger partial charge >= 0.3 is 0 Å². The van der Waals surface area contributed by atoms with Gasteiger partial charge in [-0.05, 0) is 44.1 Å². The normalized spacial score (nSPS) is 16.6. The van der Waals surface area contributed by atoms with E-state index in [1.807, 2.05) is 31.2 Å². The van der Waals surface area contributed by atoms with Gasteiger partial charge in [-0.25, -0.2) is 0 Å². The van der Waals surface area contributed by atoms with Crippen molar-refractivity contribution in [3.05, 3.63) is 24.3 Å². The van der Waals surface area contributed by atoms with Crippen LogP contribution < -0.4 is 15.4 Å². The number of ether oxygens (including phenoxy) is 1. The largest absolute Gasteiger partial charge is 0.494 e. The second-order valence-electron chi connectivity index (χ2n) is 5.60. The minimum absolute atomic E-state index is 0.514. The lowest BCUT2D eigenvalue weighted by Crippen LogP contribution is -2.38. The second-order valence-corrected chi connectivity index (χ2v) is 6.01. The third-order valence-corrected chi connectivity index (χ3v) is 4.06. The summed E-state index contributed by atoms with van der Waals surface area (Å²) in [4.78, 5) is 0. The maximum Gasteiger partial charge on any atom is 0.170 e. The van der Waals surface area contributed by atoms with E-state index in [2.05, 4.69) is 10.6 Å². The van der Waals surface area contributed by atoms with E-state index in [1.54, 1.807) is 0 Å². The van der Waals surface area contributed by atoms with Crippen LogP contribution in [0, 0.1) is 0 Å². The number of hydrogen-bond donors (Lipinski definition) is 2. The summed E-state index contributed by atoms with van der Waals surface area (Å²) in [7, 11) is 0. The molecule has 0 atom stereocenters. The van der Waals surface area contributed by atoms with Crippen LogP contribution in [-0.4, -0.2) is 17.8 Å². The summed E-state index contributed by atoms with van der Waals surface area (Å²) in [6, 6.07) is 8.44. The van der Waals surface area contributed by atoms with Gasteiger partial charge in [-0.2, -0.15) is 0 Å². The molecule has 0 aliphatic heterocycles. The molecule has 116 valence electrons. The number of rotatable bonds is 4. The summed E-state index contributed by atoms with van der Waals surface area (Å²) < 4.78 is 5.50. The molecule has 1 saturated carbocycles. The highest BCUT2D eigenvalue weighted by Crippen LogP contribution is 2.19. The average Bonchev–Trinajstić information content (AvgIpc) is 2.42. The predicted octanol–water partition coefficient (Wildman–Crippen LogP) is 4.48. The Kier molecular flexibility index (Phi) is 6.80. The number of benzene rings is 1. The minimum atomic E-state index is 0.514. The average molecular weight is 306 g/mol. The summed E-state index contributed by atoms with van der Waals surface area (Å²) in [5.74, 6) is 0.872. The Bertz CT molecular complexity index is 442. The second kappa shape index (κ2) is 8.88. The van der Waals surface area contributed by atoms with Gasteiger partial charge in [0.05, 0.1) is 6.61 Å². The summed E-state index contributed by atoms with van der Waals surface area (Å²) in [5.41, 5.74) is 0.976. The highest BCUT2D eigenvalue weighted by molar-refractivity contribution is 7.80. The van der Waals surface area contributed by atoms with Crippen molar-refractivity contribution in [1.82, 2.24) is 5.32 Å². The number of anilines is 1. The first-order chi connectivity index (χ1) is 10.3. The molecule has 0 aromatic heterocycles. The molecule has 2 rings (SSSR count). The Morgan fingerprint density at radius 3 is 2.62 bits per heavy atom. The van der Waals surface area contributed by atoms with Gasteiger partial charge in [-0.15, -0.1) is 0 Å². The quantitative estimate of drug-likeness (QED) is 0.803. The smallest absolute Gasteiger partial charge is 0.170 e. The summed E-state index contributed by atoms with van der Waals surface area (Å²) in [6.07, 6.45) is 9.16. The molecule has 0 amide bonds. The molecule has 1 aliphatic carbocycles. The zero-order valence-electron chi connectivity index (χ0n) is 12.9. The van der Waals surface area contributed by atoms with Gasteiger partial charge < -0.3 is 15.4 Å². The fourth-order valence-corrected chi connectivity index (χ4v) is 3.07. The van der Waals surface area contributed by atoms with Gasteiger partial charge in [0.25, 0.3) is 0 Å². The molecule has 3 nitrogen and oxygen atoms in total. The molecular weight excluding hydrogens is 280 g/mol. The molecule has 1 fully saturated rings. The van der Waals surface area contributed by atoms with E-state index in [-0.39, 0.29) is 0 Å². The van der Waals surface area contributed by atoms with E-state index in [0.717, 1.165) is 11.4 Å². The van der Waals surface area contributed by atoms with E-state index in [4.69, 9.17) is 17.0 Å². The summed E-state index contributed by atoms with van der Waals surface area (Å²) in [6.45, 7) is 2.66. The van der Waals surface area contributed by atoms with Gasteiger partial charge in [0.15, 0.2) is 5.11 Å². The monoisotopic (exact) mass is 306 g/mol. The topological polar surface area (TPSA) is 33.3 Å². The Hall–Kier alpha value is -1.29. The first-order valence-corrected chi connectivity index (χ1v) is 8.49. The Balaban J connectivity index is 1.84. The third-order valence-electron chi connectivity index (χ3n) is 3.84. The minimum Gasteiger partial charge on any atom is -0.494 e. The van der Waals surface area contributed by atoms with E-state index in [1.165, 1.54) is 44.9 Å². The SMILES string of the molecule is CCOc1cccc(NC(=S)NC2CCCCCCC2)c1. The Morgan fingerprint density at radius 1 is 1.19 bits per heavy atom. The molecule has 1 aliphatic rings. The third kappa shape index (κ3) is 5.92. The van der Waals surface area contributed by atoms with Gasteiger partial charge in [-0.1, -0.05) is 38.2 Å². The van der Waals surface area contributed by atoms with Crippen molar-refractivity contribution in [2.45, 2.75) is 57.9 Å². The molecule has 1 aromatic carbocycles. The molecule has 0 spiro atoms. The van der Waals surface area contributed by atoms with Crippen molar-refractivity contribution < 1.29 is 4.74 Å². The number of nitrogens with one attached hydrogen (secondary N) is 2. The zero-order chi connectivity index (χ0) is 14.9. The lowest BCUT2D eigenvalue weighted by Gasteiger charge is -2.23. The molecule has 4 heteroatoms. The summed E-state index contributed by atoms with van der Waals surface area (Å²) >= 11 is 5.44.